The fourth-order valence-electron chi connectivity index (χ4n) is 1.12. The van der Waals surface area contributed by atoms with Crippen molar-refractivity contribution in [3.8, 4) is 0 Å². The van der Waals surface area contributed by atoms with E-state index in [4.69, 9.17) is 0 Å². The lowest BCUT2D eigenvalue weighted by atomic mass is 10.1. The molecule has 58 valence electrons. The second-order valence-corrected chi connectivity index (χ2v) is 3.09. The van der Waals surface area contributed by atoms with Crippen LogP contribution in [-0.4, -0.2) is 23.9 Å². The number of hydrazone groups is 1. The van der Waals surface area contributed by atoms with Crippen LogP contribution in [0.25, 0.3) is 0 Å². The predicted octanol–water partition coefficient (Wildman–Crippen LogP) is 0.837. The Bertz CT molecular complexity index is 151. The van der Waals surface area contributed by atoms with E-state index in [-0.39, 0.29) is 0 Å². The monoisotopic (exact) mass is 141 g/mol. The highest BCUT2D eigenvalue weighted by Crippen LogP contribution is 2.10. The summed E-state index contributed by atoms with van der Waals surface area (Å²) in [6.07, 6.45) is 0.389. The van der Waals surface area contributed by atoms with Gasteiger partial charge < -0.3 is 4.90 Å². The van der Waals surface area contributed by atoms with Crippen molar-refractivity contribution >= 4 is 5.84 Å². The van der Waals surface area contributed by atoms with Gasteiger partial charge in [-0.25, -0.2) is 0 Å². The van der Waals surface area contributed by atoms with Gasteiger partial charge >= 0.3 is 0 Å². The van der Waals surface area contributed by atoms with Crippen molar-refractivity contribution in [2.75, 3.05) is 7.05 Å². The third-order valence-corrected chi connectivity index (χ3v) is 1.92. The SMILES string of the molecule is CC1=NNC(C(C)C)N1C. The summed E-state index contributed by atoms with van der Waals surface area (Å²) in [4.78, 5) is 2.16. The molecule has 0 radical (unpaired) electrons. The lowest BCUT2D eigenvalue weighted by Gasteiger charge is -2.24. The van der Waals surface area contributed by atoms with Crippen molar-refractivity contribution < 1.29 is 0 Å². The fourth-order valence-corrected chi connectivity index (χ4v) is 1.12. The third kappa shape index (κ3) is 1.08. The van der Waals surface area contributed by atoms with Crippen molar-refractivity contribution in [2.45, 2.75) is 26.9 Å². The number of nitrogens with one attached hydrogen (secondary N) is 1. The van der Waals surface area contributed by atoms with E-state index < -0.39 is 0 Å². The summed E-state index contributed by atoms with van der Waals surface area (Å²) < 4.78 is 0. The third-order valence-electron chi connectivity index (χ3n) is 1.92. The van der Waals surface area contributed by atoms with Gasteiger partial charge in [-0.2, -0.15) is 5.10 Å². The van der Waals surface area contributed by atoms with Crippen LogP contribution in [-0.2, 0) is 0 Å². The molecule has 0 saturated heterocycles. The summed E-state index contributed by atoms with van der Waals surface area (Å²) in [7, 11) is 2.06. The van der Waals surface area contributed by atoms with Crippen LogP contribution in [0.3, 0.4) is 0 Å². The first-order valence-corrected chi connectivity index (χ1v) is 3.65. The molecule has 0 saturated carbocycles. The molecule has 0 aliphatic carbocycles. The van der Waals surface area contributed by atoms with Crippen LogP contribution < -0.4 is 5.43 Å². The molecule has 1 aliphatic heterocycles. The Morgan fingerprint density at radius 3 is 2.40 bits per heavy atom. The normalized spacial score (nSPS) is 25.1. The van der Waals surface area contributed by atoms with Gasteiger partial charge in [-0.05, 0) is 12.8 Å². The van der Waals surface area contributed by atoms with Crippen molar-refractivity contribution in [3.05, 3.63) is 0 Å². The van der Waals surface area contributed by atoms with Gasteiger partial charge in [0, 0.05) is 7.05 Å². The molecule has 1 heterocycles. The van der Waals surface area contributed by atoms with Crippen molar-refractivity contribution in [3.63, 3.8) is 0 Å². The lowest BCUT2D eigenvalue weighted by molar-refractivity contribution is 0.269. The molecule has 0 fully saturated rings. The van der Waals surface area contributed by atoms with Crippen LogP contribution in [0.1, 0.15) is 20.8 Å². The van der Waals surface area contributed by atoms with Crippen molar-refractivity contribution in [2.24, 2.45) is 11.0 Å². The van der Waals surface area contributed by atoms with E-state index in [9.17, 15) is 0 Å². The molecule has 1 N–H and O–H groups in total. The highest BCUT2D eigenvalue weighted by Gasteiger charge is 2.23. The Morgan fingerprint density at radius 1 is 1.60 bits per heavy atom. The molecule has 0 spiro atoms. The van der Waals surface area contributed by atoms with E-state index in [0.29, 0.717) is 12.1 Å². The van der Waals surface area contributed by atoms with E-state index in [2.05, 4.69) is 36.3 Å². The standard InChI is InChI=1S/C7H15N3/c1-5(2)7-9-8-6(3)10(7)4/h5,7,9H,1-4H3. The average Bonchev–Trinajstić information content (AvgIpc) is 2.14. The molecule has 0 aromatic carbocycles. The summed E-state index contributed by atoms with van der Waals surface area (Å²) in [5.74, 6) is 1.67. The molecule has 1 aliphatic rings. The average molecular weight is 141 g/mol. The Hall–Kier alpha value is -0.730. The molecule has 1 atom stereocenters. The molecule has 0 aromatic heterocycles. The number of nitrogens with zero attached hydrogens (tertiary/aromatic N) is 2. The minimum atomic E-state index is 0.389. The van der Waals surface area contributed by atoms with Gasteiger partial charge in [-0.3, -0.25) is 5.43 Å². The molecule has 10 heavy (non-hydrogen) atoms. The quantitative estimate of drug-likeness (QED) is 0.586. The van der Waals surface area contributed by atoms with Gasteiger partial charge in [-0.15, -0.1) is 0 Å². The van der Waals surface area contributed by atoms with Gasteiger partial charge in [0.1, 0.15) is 12.0 Å². The largest absolute Gasteiger partial charge is 0.340 e. The molecular weight excluding hydrogens is 126 g/mol. The molecule has 1 unspecified atom stereocenters. The van der Waals surface area contributed by atoms with E-state index in [1.807, 2.05) is 6.92 Å². The molecule has 3 heteroatoms. The van der Waals surface area contributed by atoms with Crippen LogP contribution in [0.5, 0.6) is 0 Å². The van der Waals surface area contributed by atoms with Gasteiger partial charge in [-0.1, -0.05) is 13.8 Å². The minimum Gasteiger partial charge on any atom is -0.340 e. The predicted molar refractivity (Wildman–Crippen MR) is 42.6 cm³/mol. The second kappa shape index (κ2) is 2.48. The first-order chi connectivity index (χ1) is 4.63. The topological polar surface area (TPSA) is 27.6 Å². The van der Waals surface area contributed by atoms with Crippen LogP contribution in [0.4, 0.5) is 0 Å². The number of hydrogen-bond acceptors (Lipinski definition) is 3. The molecule has 0 bridgehead atoms. The second-order valence-electron chi connectivity index (χ2n) is 3.09. The Balaban J connectivity index is 2.56. The summed E-state index contributed by atoms with van der Waals surface area (Å²) in [6.45, 7) is 6.37. The first kappa shape index (κ1) is 7.38. The zero-order valence-corrected chi connectivity index (χ0v) is 7.05. The lowest BCUT2D eigenvalue weighted by Crippen LogP contribution is -2.40. The molecule has 3 nitrogen and oxygen atoms in total. The summed E-state index contributed by atoms with van der Waals surface area (Å²) in [6, 6.07) is 0. The van der Waals surface area contributed by atoms with Crippen LogP contribution in [0, 0.1) is 5.92 Å². The smallest absolute Gasteiger partial charge is 0.123 e. The van der Waals surface area contributed by atoms with Gasteiger partial charge in [0.15, 0.2) is 0 Å². The van der Waals surface area contributed by atoms with E-state index in [1.54, 1.807) is 0 Å². The van der Waals surface area contributed by atoms with Gasteiger partial charge in [0.05, 0.1) is 0 Å². The van der Waals surface area contributed by atoms with Crippen LogP contribution in [0.15, 0.2) is 5.10 Å². The molecule has 1 rings (SSSR count). The summed E-state index contributed by atoms with van der Waals surface area (Å²) in [5, 5.41) is 4.11. The van der Waals surface area contributed by atoms with E-state index in [0.717, 1.165) is 5.84 Å². The minimum absolute atomic E-state index is 0.389. The fraction of sp³-hybridized carbons (Fsp3) is 0.857. The highest BCUT2D eigenvalue weighted by molar-refractivity contribution is 5.80. The van der Waals surface area contributed by atoms with Crippen molar-refractivity contribution in [1.82, 2.24) is 10.3 Å². The molecular formula is C7H15N3. The Morgan fingerprint density at radius 2 is 2.20 bits per heavy atom. The number of amidine groups is 1. The zero-order chi connectivity index (χ0) is 7.72. The van der Waals surface area contributed by atoms with Gasteiger partial charge in [0.2, 0.25) is 0 Å². The van der Waals surface area contributed by atoms with Crippen LogP contribution >= 0.6 is 0 Å². The van der Waals surface area contributed by atoms with Gasteiger partial charge in [0.25, 0.3) is 0 Å². The Labute approximate surface area is 62.1 Å². The first-order valence-electron chi connectivity index (χ1n) is 3.65. The van der Waals surface area contributed by atoms with Crippen molar-refractivity contribution in [1.29, 1.82) is 0 Å². The van der Waals surface area contributed by atoms with E-state index in [1.165, 1.54) is 0 Å². The maximum absolute atomic E-state index is 4.11. The molecule has 0 aromatic rings. The zero-order valence-electron chi connectivity index (χ0n) is 7.05. The van der Waals surface area contributed by atoms with E-state index >= 15 is 0 Å². The van der Waals surface area contributed by atoms with Crippen LogP contribution in [0.2, 0.25) is 0 Å². The summed E-state index contributed by atoms with van der Waals surface area (Å²) in [5.41, 5.74) is 3.07. The summed E-state index contributed by atoms with van der Waals surface area (Å²) >= 11 is 0. The highest BCUT2D eigenvalue weighted by atomic mass is 15.5. The number of hydrogen-bond donors (Lipinski definition) is 1. The number of rotatable bonds is 1. The maximum Gasteiger partial charge on any atom is 0.123 e. The Kier molecular flexibility index (Phi) is 1.83. The maximum atomic E-state index is 4.11. The molecule has 0 amide bonds.